The lowest BCUT2D eigenvalue weighted by Gasteiger charge is -2.22. The molecule has 0 amide bonds. The quantitative estimate of drug-likeness (QED) is 0.526. The van der Waals surface area contributed by atoms with Crippen LogP contribution in [-0.2, 0) is 0 Å². The molecule has 11 heavy (non-hydrogen) atoms. The second-order valence-corrected chi connectivity index (χ2v) is 4.23. The molecule has 1 nitrogen and oxygen atoms in total. The van der Waals surface area contributed by atoms with Crippen molar-refractivity contribution >= 4 is 0 Å². The molecule has 0 aromatic heterocycles. The maximum Gasteiger partial charge on any atom is 0.00892 e. The summed E-state index contributed by atoms with van der Waals surface area (Å²) in [5, 5.41) is 0. The van der Waals surface area contributed by atoms with Crippen molar-refractivity contribution in [3.05, 3.63) is 0 Å². The number of hydrogen-bond donors (Lipinski definition) is 0. The SMILES string of the molecule is CC1CCCC(N(C)C)CC1. The number of nitrogens with zero attached hydrogens (tertiary/aromatic N) is 1. The predicted octanol–water partition coefficient (Wildman–Crippen LogP) is 2.52. The van der Waals surface area contributed by atoms with Crippen molar-refractivity contribution in [3.63, 3.8) is 0 Å². The molecule has 1 rings (SSSR count). The predicted molar refractivity (Wildman–Crippen MR) is 49.7 cm³/mol. The van der Waals surface area contributed by atoms with Gasteiger partial charge in [-0.1, -0.05) is 19.8 Å². The summed E-state index contributed by atoms with van der Waals surface area (Å²) >= 11 is 0. The Labute approximate surface area is 70.8 Å². The van der Waals surface area contributed by atoms with Crippen LogP contribution in [0, 0.1) is 5.92 Å². The Morgan fingerprint density at radius 2 is 1.73 bits per heavy atom. The average Bonchev–Trinajstić information content (AvgIpc) is 2.13. The summed E-state index contributed by atoms with van der Waals surface area (Å²) in [6, 6.07) is 0.861. The Kier molecular flexibility index (Phi) is 3.38. The van der Waals surface area contributed by atoms with E-state index >= 15 is 0 Å². The molecule has 66 valence electrons. The summed E-state index contributed by atoms with van der Waals surface area (Å²) in [4.78, 5) is 2.39. The third-order valence-corrected chi connectivity index (χ3v) is 2.96. The molecule has 1 fully saturated rings. The van der Waals surface area contributed by atoms with Crippen LogP contribution in [0.3, 0.4) is 0 Å². The third-order valence-electron chi connectivity index (χ3n) is 2.96. The second kappa shape index (κ2) is 4.10. The minimum Gasteiger partial charge on any atom is -0.306 e. The van der Waals surface area contributed by atoms with Crippen LogP contribution >= 0.6 is 0 Å². The molecule has 1 saturated carbocycles. The van der Waals surface area contributed by atoms with Crippen LogP contribution in [0.2, 0.25) is 0 Å². The van der Waals surface area contributed by atoms with Crippen LogP contribution in [0.15, 0.2) is 0 Å². The topological polar surface area (TPSA) is 3.24 Å². The van der Waals surface area contributed by atoms with E-state index in [1.807, 2.05) is 0 Å². The molecule has 2 atom stereocenters. The van der Waals surface area contributed by atoms with Crippen molar-refractivity contribution in [2.24, 2.45) is 5.92 Å². The van der Waals surface area contributed by atoms with E-state index in [9.17, 15) is 0 Å². The van der Waals surface area contributed by atoms with Crippen LogP contribution in [0.5, 0.6) is 0 Å². The highest BCUT2D eigenvalue weighted by atomic mass is 15.1. The Hall–Kier alpha value is -0.0400. The summed E-state index contributed by atoms with van der Waals surface area (Å²) in [5.74, 6) is 0.972. The monoisotopic (exact) mass is 155 g/mol. The largest absolute Gasteiger partial charge is 0.306 e. The van der Waals surface area contributed by atoms with Gasteiger partial charge < -0.3 is 4.90 Å². The van der Waals surface area contributed by atoms with E-state index in [-0.39, 0.29) is 0 Å². The standard InChI is InChI=1S/C10H21N/c1-9-5-4-6-10(8-7-9)11(2)3/h9-10H,4-8H2,1-3H3. The van der Waals surface area contributed by atoms with Crippen molar-refractivity contribution < 1.29 is 0 Å². The molecule has 1 aliphatic rings. The fourth-order valence-corrected chi connectivity index (χ4v) is 1.98. The van der Waals surface area contributed by atoms with Crippen molar-refractivity contribution in [2.75, 3.05) is 14.1 Å². The van der Waals surface area contributed by atoms with Crippen molar-refractivity contribution in [3.8, 4) is 0 Å². The molecule has 0 bridgehead atoms. The van der Waals surface area contributed by atoms with Crippen LogP contribution < -0.4 is 0 Å². The Morgan fingerprint density at radius 3 is 2.36 bits per heavy atom. The molecule has 0 spiro atoms. The van der Waals surface area contributed by atoms with Gasteiger partial charge in [-0.15, -0.1) is 0 Å². The summed E-state index contributed by atoms with van der Waals surface area (Å²) < 4.78 is 0. The molecule has 0 heterocycles. The molecule has 0 aromatic carbocycles. The van der Waals surface area contributed by atoms with Gasteiger partial charge in [-0.05, 0) is 39.3 Å². The van der Waals surface area contributed by atoms with E-state index in [2.05, 4.69) is 25.9 Å². The summed E-state index contributed by atoms with van der Waals surface area (Å²) in [6.45, 7) is 2.39. The van der Waals surface area contributed by atoms with E-state index in [1.54, 1.807) is 0 Å². The van der Waals surface area contributed by atoms with Gasteiger partial charge in [-0.3, -0.25) is 0 Å². The van der Waals surface area contributed by atoms with Gasteiger partial charge in [0, 0.05) is 6.04 Å². The summed E-state index contributed by atoms with van der Waals surface area (Å²) in [6.07, 6.45) is 7.14. The van der Waals surface area contributed by atoms with Crippen molar-refractivity contribution in [2.45, 2.75) is 45.1 Å². The summed E-state index contributed by atoms with van der Waals surface area (Å²) in [5.41, 5.74) is 0. The molecule has 1 aliphatic carbocycles. The molecule has 2 unspecified atom stereocenters. The van der Waals surface area contributed by atoms with Gasteiger partial charge >= 0.3 is 0 Å². The lowest BCUT2D eigenvalue weighted by molar-refractivity contribution is 0.265. The summed E-state index contributed by atoms with van der Waals surface area (Å²) in [7, 11) is 4.42. The zero-order chi connectivity index (χ0) is 8.27. The normalized spacial score (nSPS) is 33.8. The fourth-order valence-electron chi connectivity index (χ4n) is 1.98. The lowest BCUT2D eigenvalue weighted by atomic mass is 10.0. The second-order valence-electron chi connectivity index (χ2n) is 4.23. The molecular formula is C10H21N. The first-order valence-corrected chi connectivity index (χ1v) is 4.86. The number of hydrogen-bond acceptors (Lipinski definition) is 1. The van der Waals surface area contributed by atoms with Crippen molar-refractivity contribution in [1.29, 1.82) is 0 Å². The highest BCUT2D eigenvalue weighted by molar-refractivity contribution is 4.72. The van der Waals surface area contributed by atoms with E-state index in [1.165, 1.54) is 32.1 Å². The number of rotatable bonds is 1. The van der Waals surface area contributed by atoms with Gasteiger partial charge in [-0.25, -0.2) is 0 Å². The fraction of sp³-hybridized carbons (Fsp3) is 1.00. The first-order chi connectivity index (χ1) is 5.20. The zero-order valence-electron chi connectivity index (χ0n) is 8.14. The maximum absolute atomic E-state index is 2.39. The maximum atomic E-state index is 2.39. The molecule has 0 aromatic rings. The minimum atomic E-state index is 0.861. The molecular weight excluding hydrogens is 134 g/mol. The van der Waals surface area contributed by atoms with Gasteiger partial charge in [0.05, 0.1) is 0 Å². The van der Waals surface area contributed by atoms with E-state index in [0.717, 1.165) is 12.0 Å². The van der Waals surface area contributed by atoms with Gasteiger partial charge in [-0.2, -0.15) is 0 Å². The third kappa shape index (κ3) is 2.82. The molecule has 1 heteroatoms. The van der Waals surface area contributed by atoms with Gasteiger partial charge in [0.1, 0.15) is 0 Å². The smallest absolute Gasteiger partial charge is 0.00892 e. The van der Waals surface area contributed by atoms with E-state index in [0.29, 0.717) is 0 Å². The molecule has 0 radical (unpaired) electrons. The van der Waals surface area contributed by atoms with Gasteiger partial charge in [0.25, 0.3) is 0 Å². The van der Waals surface area contributed by atoms with E-state index in [4.69, 9.17) is 0 Å². The lowest BCUT2D eigenvalue weighted by Crippen LogP contribution is -2.26. The Balaban J connectivity index is 2.34. The van der Waals surface area contributed by atoms with Gasteiger partial charge in [0.2, 0.25) is 0 Å². The first-order valence-electron chi connectivity index (χ1n) is 4.86. The molecule has 0 aliphatic heterocycles. The highest BCUT2D eigenvalue weighted by Crippen LogP contribution is 2.24. The van der Waals surface area contributed by atoms with Crippen molar-refractivity contribution in [1.82, 2.24) is 4.90 Å². The first kappa shape index (κ1) is 9.05. The molecule has 0 N–H and O–H groups in total. The Morgan fingerprint density at radius 1 is 1.00 bits per heavy atom. The van der Waals surface area contributed by atoms with Crippen LogP contribution in [0.1, 0.15) is 39.0 Å². The molecule has 0 saturated heterocycles. The van der Waals surface area contributed by atoms with Crippen LogP contribution in [-0.4, -0.2) is 25.0 Å². The van der Waals surface area contributed by atoms with Crippen LogP contribution in [0.4, 0.5) is 0 Å². The highest BCUT2D eigenvalue weighted by Gasteiger charge is 2.16. The van der Waals surface area contributed by atoms with E-state index < -0.39 is 0 Å². The zero-order valence-corrected chi connectivity index (χ0v) is 8.14. The van der Waals surface area contributed by atoms with Gasteiger partial charge in [0.15, 0.2) is 0 Å². The Bertz CT molecular complexity index is 109. The minimum absolute atomic E-state index is 0.861. The van der Waals surface area contributed by atoms with Crippen LogP contribution in [0.25, 0.3) is 0 Å². The average molecular weight is 155 g/mol.